The van der Waals surface area contributed by atoms with Crippen LogP contribution >= 0.6 is 11.3 Å². The van der Waals surface area contributed by atoms with Gasteiger partial charge in [0.05, 0.1) is 25.3 Å². The Kier molecular flexibility index (Phi) is 6.35. The third-order valence-electron chi connectivity index (χ3n) is 3.48. The topological polar surface area (TPSA) is 87.7 Å². The van der Waals surface area contributed by atoms with Gasteiger partial charge in [-0.3, -0.25) is 4.79 Å². The predicted octanol–water partition coefficient (Wildman–Crippen LogP) is 1.32. The van der Waals surface area contributed by atoms with E-state index in [2.05, 4.69) is 10.6 Å². The second-order valence-electron chi connectivity index (χ2n) is 5.08. The van der Waals surface area contributed by atoms with Crippen molar-refractivity contribution in [1.82, 2.24) is 5.32 Å². The molecular formula is C15H22N2O4S. The monoisotopic (exact) mass is 326 g/mol. The summed E-state index contributed by atoms with van der Waals surface area (Å²) in [5.74, 6) is -0.585. The van der Waals surface area contributed by atoms with Gasteiger partial charge in [0.15, 0.2) is 0 Å². The second kappa shape index (κ2) is 8.26. The normalized spacial score (nSPS) is 13.5. The maximum Gasteiger partial charge on any atom is 0.341 e. The van der Waals surface area contributed by atoms with E-state index in [4.69, 9.17) is 9.84 Å². The molecule has 1 amide bonds. The number of ether oxygens (including phenoxy) is 1. The quantitative estimate of drug-likeness (QED) is 0.520. The average Bonchev–Trinajstić information content (AvgIpc) is 2.85. The highest BCUT2D eigenvalue weighted by molar-refractivity contribution is 7.17. The predicted molar refractivity (Wildman–Crippen MR) is 85.5 cm³/mol. The summed E-state index contributed by atoms with van der Waals surface area (Å²) in [7, 11) is 0. The van der Waals surface area contributed by atoms with Gasteiger partial charge in [0, 0.05) is 11.4 Å². The maximum absolute atomic E-state index is 12.2. The number of esters is 1. The van der Waals surface area contributed by atoms with E-state index in [-0.39, 0.29) is 25.0 Å². The summed E-state index contributed by atoms with van der Waals surface area (Å²) in [6.07, 6.45) is 3.98. The molecule has 3 N–H and O–H groups in total. The van der Waals surface area contributed by atoms with Crippen molar-refractivity contribution in [3.05, 3.63) is 16.0 Å². The van der Waals surface area contributed by atoms with Crippen LogP contribution in [0.1, 0.15) is 40.6 Å². The van der Waals surface area contributed by atoms with Crippen LogP contribution in [-0.4, -0.2) is 43.3 Å². The van der Waals surface area contributed by atoms with Crippen molar-refractivity contribution in [1.29, 1.82) is 0 Å². The molecule has 0 spiro atoms. The standard InChI is InChI=1S/C15H22N2O4S/c1-2-21-15(20)13-10-5-3-4-6-11(10)22-14(13)17-12(19)9-16-7-8-18/h16,18H,2-9H2,1H3,(H,17,19). The Morgan fingerprint density at radius 3 is 2.82 bits per heavy atom. The molecule has 7 heteroatoms. The van der Waals surface area contributed by atoms with Crippen molar-refractivity contribution in [2.45, 2.75) is 32.6 Å². The molecule has 0 saturated carbocycles. The number of carbonyl (C=O) groups is 2. The number of nitrogens with one attached hydrogen (secondary N) is 2. The van der Waals surface area contributed by atoms with Gasteiger partial charge in [-0.1, -0.05) is 0 Å². The van der Waals surface area contributed by atoms with Crippen molar-refractivity contribution in [3.8, 4) is 0 Å². The number of hydrogen-bond acceptors (Lipinski definition) is 6. The van der Waals surface area contributed by atoms with Crippen LogP contribution in [0.5, 0.6) is 0 Å². The number of hydrogen-bond donors (Lipinski definition) is 3. The van der Waals surface area contributed by atoms with E-state index in [1.54, 1.807) is 6.92 Å². The van der Waals surface area contributed by atoms with Crippen LogP contribution in [0.15, 0.2) is 0 Å². The van der Waals surface area contributed by atoms with Gasteiger partial charge in [-0.15, -0.1) is 11.3 Å². The van der Waals surface area contributed by atoms with Crippen molar-refractivity contribution in [2.24, 2.45) is 0 Å². The first-order valence-corrected chi connectivity index (χ1v) is 8.42. The van der Waals surface area contributed by atoms with E-state index in [1.807, 2.05) is 0 Å². The number of thiophene rings is 1. The molecule has 1 aromatic rings. The van der Waals surface area contributed by atoms with E-state index in [0.717, 1.165) is 31.2 Å². The Balaban J connectivity index is 2.17. The Morgan fingerprint density at radius 1 is 1.32 bits per heavy atom. The van der Waals surface area contributed by atoms with Gasteiger partial charge in [0.25, 0.3) is 0 Å². The summed E-state index contributed by atoms with van der Waals surface area (Å²) in [4.78, 5) is 25.3. The van der Waals surface area contributed by atoms with Gasteiger partial charge in [-0.25, -0.2) is 4.79 Å². The molecular weight excluding hydrogens is 304 g/mol. The Morgan fingerprint density at radius 2 is 2.09 bits per heavy atom. The number of aryl methyl sites for hydroxylation is 1. The molecule has 0 saturated heterocycles. The van der Waals surface area contributed by atoms with Gasteiger partial charge in [-0.05, 0) is 38.2 Å². The highest BCUT2D eigenvalue weighted by Crippen LogP contribution is 2.38. The molecule has 0 bridgehead atoms. The molecule has 0 radical (unpaired) electrons. The summed E-state index contributed by atoms with van der Waals surface area (Å²) in [6, 6.07) is 0. The van der Waals surface area contributed by atoms with Crippen molar-refractivity contribution >= 4 is 28.2 Å². The van der Waals surface area contributed by atoms with E-state index in [0.29, 0.717) is 23.7 Å². The molecule has 1 aliphatic carbocycles. The molecule has 2 rings (SSSR count). The largest absolute Gasteiger partial charge is 0.462 e. The SMILES string of the molecule is CCOC(=O)c1c(NC(=O)CNCCO)sc2c1CCCC2. The minimum Gasteiger partial charge on any atom is -0.462 e. The van der Waals surface area contributed by atoms with Gasteiger partial charge in [0.1, 0.15) is 5.00 Å². The first-order valence-electron chi connectivity index (χ1n) is 7.60. The highest BCUT2D eigenvalue weighted by Gasteiger charge is 2.27. The number of aliphatic hydroxyl groups is 1. The zero-order valence-electron chi connectivity index (χ0n) is 12.7. The molecule has 0 aromatic carbocycles. The van der Waals surface area contributed by atoms with Gasteiger partial charge in [0.2, 0.25) is 5.91 Å². The minimum atomic E-state index is -0.361. The average molecular weight is 326 g/mol. The van der Waals surface area contributed by atoms with E-state index < -0.39 is 0 Å². The smallest absolute Gasteiger partial charge is 0.341 e. The number of aliphatic hydroxyl groups excluding tert-OH is 1. The summed E-state index contributed by atoms with van der Waals surface area (Å²) >= 11 is 1.47. The fourth-order valence-corrected chi connectivity index (χ4v) is 3.82. The van der Waals surface area contributed by atoms with Crippen LogP contribution in [0.2, 0.25) is 0 Å². The molecule has 122 valence electrons. The van der Waals surface area contributed by atoms with Crippen LogP contribution in [-0.2, 0) is 22.4 Å². The first kappa shape index (κ1) is 16.9. The molecule has 1 aromatic heterocycles. The van der Waals surface area contributed by atoms with Crippen molar-refractivity contribution in [3.63, 3.8) is 0 Å². The zero-order valence-corrected chi connectivity index (χ0v) is 13.6. The number of carbonyl (C=O) groups excluding carboxylic acids is 2. The highest BCUT2D eigenvalue weighted by atomic mass is 32.1. The molecule has 1 aliphatic rings. The van der Waals surface area contributed by atoms with Gasteiger partial charge < -0.3 is 20.5 Å². The Labute approximate surface area is 133 Å². The fraction of sp³-hybridized carbons (Fsp3) is 0.600. The van der Waals surface area contributed by atoms with Crippen LogP contribution in [0.3, 0.4) is 0 Å². The summed E-state index contributed by atoms with van der Waals surface area (Å²) in [6.45, 7) is 2.53. The van der Waals surface area contributed by atoms with E-state index in [1.165, 1.54) is 16.2 Å². The lowest BCUT2D eigenvalue weighted by Gasteiger charge is -2.12. The van der Waals surface area contributed by atoms with Crippen LogP contribution in [0, 0.1) is 0 Å². The Hall–Kier alpha value is -1.44. The van der Waals surface area contributed by atoms with Crippen LogP contribution in [0.4, 0.5) is 5.00 Å². The first-order chi connectivity index (χ1) is 10.7. The van der Waals surface area contributed by atoms with Gasteiger partial charge in [-0.2, -0.15) is 0 Å². The molecule has 6 nitrogen and oxygen atoms in total. The summed E-state index contributed by atoms with van der Waals surface area (Å²) in [5, 5.41) is 14.9. The third-order valence-corrected chi connectivity index (χ3v) is 4.69. The second-order valence-corrected chi connectivity index (χ2v) is 6.19. The maximum atomic E-state index is 12.2. The zero-order chi connectivity index (χ0) is 15.9. The lowest BCUT2D eigenvalue weighted by Crippen LogP contribution is -2.30. The fourth-order valence-electron chi connectivity index (χ4n) is 2.52. The van der Waals surface area contributed by atoms with Crippen LogP contribution < -0.4 is 10.6 Å². The molecule has 1 heterocycles. The van der Waals surface area contributed by atoms with E-state index >= 15 is 0 Å². The van der Waals surface area contributed by atoms with Crippen molar-refractivity contribution < 1.29 is 19.4 Å². The summed E-state index contributed by atoms with van der Waals surface area (Å²) in [5.41, 5.74) is 1.56. The molecule has 0 fully saturated rings. The summed E-state index contributed by atoms with van der Waals surface area (Å²) < 4.78 is 5.14. The molecule has 0 aliphatic heterocycles. The van der Waals surface area contributed by atoms with E-state index in [9.17, 15) is 9.59 Å². The Bertz CT molecular complexity index is 542. The minimum absolute atomic E-state index is 0.0192. The van der Waals surface area contributed by atoms with Gasteiger partial charge >= 0.3 is 5.97 Å². The molecule has 0 atom stereocenters. The number of rotatable bonds is 7. The molecule has 0 unspecified atom stereocenters. The van der Waals surface area contributed by atoms with Crippen LogP contribution in [0.25, 0.3) is 0 Å². The lowest BCUT2D eigenvalue weighted by atomic mass is 9.95. The molecule has 22 heavy (non-hydrogen) atoms. The number of anilines is 1. The third kappa shape index (κ3) is 4.06. The van der Waals surface area contributed by atoms with Crippen molar-refractivity contribution in [2.75, 3.05) is 31.6 Å². The number of amides is 1. The lowest BCUT2D eigenvalue weighted by molar-refractivity contribution is -0.115. The number of fused-ring (bicyclic) bond motifs is 1.